The van der Waals surface area contributed by atoms with Crippen LogP contribution in [0.4, 0.5) is 21.9 Å². The number of aromatic amines is 2. The van der Waals surface area contributed by atoms with Gasteiger partial charge in [0.05, 0.1) is 29.4 Å². The predicted molar refractivity (Wildman–Crippen MR) is 114 cm³/mol. The largest absolute Gasteiger partial charge is 0.450 e. The molecule has 1 amide bonds. The lowest BCUT2D eigenvalue weighted by Crippen LogP contribution is -2.33. The third-order valence-corrected chi connectivity index (χ3v) is 4.36. The number of imidazole rings is 1. The number of aromatic nitrogens is 2. The Balaban J connectivity index is 1.71. The van der Waals surface area contributed by atoms with E-state index >= 15 is 0 Å². The first-order valence-electron chi connectivity index (χ1n) is 9.34. The standard InChI is InChI=1S/C20H25N5O4/c1-3-29-20(28)22-13-9-16(18-17(10-13)23-19(27)24-18)21-11-15(26)12-25(2)14-7-5-4-6-8-14/h4-10,15,21,26H,3,11-12H2,1-2H3,(H,22,28)(H2,23,24,27). The molecule has 3 aromatic rings. The predicted octanol–water partition coefficient (Wildman–Crippen LogP) is 2.33. The highest BCUT2D eigenvalue weighted by molar-refractivity contribution is 5.95. The first-order chi connectivity index (χ1) is 14.0. The molecule has 0 aliphatic rings. The summed E-state index contributed by atoms with van der Waals surface area (Å²) in [7, 11) is 1.91. The minimum absolute atomic E-state index is 0.251. The summed E-state index contributed by atoms with van der Waals surface area (Å²) in [6.07, 6.45) is -1.25. The van der Waals surface area contributed by atoms with E-state index in [1.165, 1.54) is 0 Å². The maximum Gasteiger partial charge on any atom is 0.411 e. The number of para-hydroxylation sites is 1. The summed E-state index contributed by atoms with van der Waals surface area (Å²) in [4.78, 5) is 30.8. The third-order valence-electron chi connectivity index (χ3n) is 4.36. The van der Waals surface area contributed by atoms with Crippen molar-refractivity contribution >= 4 is 34.2 Å². The fraction of sp³-hybridized carbons (Fsp3) is 0.300. The van der Waals surface area contributed by atoms with E-state index < -0.39 is 12.2 Å². The van der Waals surface area contributed by atoms with Gasteiger partial charge in [0.1, 0.15) is 0 Å². The van der Waals surface area contributed by atoms with Crippen molar-refractivity contribution in [2.45, 2.75) is 13.0 Å². The minimum atomic E-state index is -0.664. The molecule has 0 aliphatic carbocycles. The number of hydrogen-bond donors (Lipinski definition) is 5. The zero-order valence-corrected chi connectivity index (χ0v) is 16.4. The maximum atomic E-state index is 11.7. The molecular formula is C20H25N5O4. The second kappa shape index (κ2) is 9.16. The highest BCUT2D eigenvalue weighted by Gasteiger charge is 2.13. The quantitative estimate of drug-likeness (QED) is 0.396. The normalized spacial score (nSPS) is 11.8. The highest BCUT2D eigenvalue weighted by Crippen LogP contribution is 2.25. The van der Waals surface area contributed by atoms with Gasteiger partial charge in [-0.2, -0.15) is 0 Å². The van der Waals surface area contributed by atoms with Crippen molar-refractivity contribution < 1.29 is 14.6 Å². The number of aliphatic hydroxyl groups is 1. The van der Waals surface area contributed by atoms with Gasteiger partial charge < -0.3 is 30.0 Å². The van der Waals surface area contributed by atoms with Crippen LogP contribution < -0.4 is 21.2 Å². The summed E-state index contributed by atoms with van der Waals surface area (Å²) >= 11 is 0. The number of fused-ring (bicyclic) bond motifs is 1. The summed E-state index contributed by atoms with van der Waals surface area (Å²) in [5.74, 6) is 0. The molecule has 2 aromatic carbocycles. The first kappa shape index (κ1) is 20.3. The molecule has 0 saturated heterocycles. The van der Waals surface area contributed by atoms with Crippen LogP contribution in [0.5, 0.6) is 0 Å². The number of likely N-dealkylation sites (N-methyl/N-ethyl adjacent to an activating group) is 1. The lowest BCUT2D eigenvalue weighted by atomic mass is 10.2. The number of nitrogens with zero attached hydrogens (tertiary/aromatic N) is 1. The van der Waals surface area contributed by atoms with Crippen LogP contribution in [0.15, 0.2) is 47.3 Å². The van der Waals surface area contributed by atoms with Crippen molar-refractivity contribution in [2.75, 3.05) is 42.3 Å². The Hall–Kier alpha value is -3.46. The maximum absolute atomic E-state index is 11.7. The molecule has 0 bridgehead atoms. The average molecular weight is 399 g/mol. The van der Waals surface area contributed by atoms with Crippen molar-refractivity contribution in [2.24, 2.45) is 0 Å². The van der Waals surface area contributed by atoms with Gasteiger partial charge in [-0.25, -0.2) is 9.59 Å². The summed E-state index contributed by atoms with van der Waals surface area (Å²) in [5, 5.41) is 16.2. The SMILES string of the molecule is CCOC(=O)Nc1cc(NCC(O)CN(C)c2ccccc2)c2[nH]c(=O)[nH]c2c1. The third kappa shape index (κ3) is 5.29. The monoisotopic (exact) mass is 399 g/mol. The van der Waals surface area contributed by atoms with Gasteiger partial charge in [-0.3, -0.25) is 5.32 Å². The average Bonchev–Trinajstić information content (AvgIpc) is 3.07. The molecule has 1 heterocycles. The van der Waals surface area contributed by atoms with E-state index in [0.717, 1.165) is 5.69 Å². The molecule has 9 heteroatoms. The van der Waals surface area contributed by atoms with E-state index in [-0.39, 0.29) is 18.8 Å². The van der Waals surface area contributed by atoms with Crippen LogP contribution in [0.25, 0.3) is 11.0 Å². The van der Waals surface area contributed by atoms with Gasteiger partial charge >= 0.3 is 11.8 Å². The van der Waals surface area contributed by atoms with Gasteiger partial charge in [0.25, 0.3) is 0 Å². The number of amides is 1. The fourth-order valence-corrected chi connectivity index (χ4v) is 3.04. The second-order valence-electron chi connectivity index (χ2n) is 6.62. The van der Waals surface area contributed by atoms with Gasteiger partial charge in [-0.15, -0.1) is 0 Å². The number of benzene rings is 2. The number of ether oxygens (including phenoxy) is 1. The van der Waals surface area contributed by atoms with Gasteiger partial charge in [0.15, 0.2) is 0 Å². The number of nitrogens with one attached hydrogen (secondary N) is 4. The Labute approximate surface area is 167 Å². The lowest BCUT2D eigenvalue weighted by Gasteiger charge is -2.23. The molecule has 0 saturated carbocycles. The second-order valence-corrected chi connectivity index (χ2v) is 6.62. The Morgan fingerprint density at radius 2 is 2.00 bits per heavy atom. The molecule has 0 radical (unpaired) electrons. The zero-order valence-electron chi connectivity index (χ0n) is 16.4. The molecular weight excluding hydrogens is 374 g/mol. The van der Waals surface area contributed by atoms with Crippen LogP contribution >= 0.6 is 0 Å². The van der Waals surface area contributed by atoms with E-state index in [1.54, 1.807) is 19.1 Å². The van der Waals surface area contributed by atoms with E-state index in [9.17, 15) is 14.7 Å². The van der Waals surface area contributed by atoms with Crippen LogP contribution in [0.3, 0.4) is 0 Å². The topological polar surface area (TPSA) is 122 Å². The molecule has 9 nitrogen and oxygen atoms in total. The number of carbonyl (C=O) groups excluding carboxylic acids is 1. The van der Waals surface area contributed by atoms with Crippen LogP contribution in [-0.2, 0) is 4.74 Å². The lowest BCUT2D eigenvalue weighted by molar-refractivity contribution is 0.168. The summed E-state index contributed by atoms with van der Waals surface area (Å²) in [6, 6.07) is 13.1. The summed E-state index contributed by atoms with van der Waals surface area (Å²) in [5.41, 5.74) is 2.78. The van der Waals surface area contributed by atoms with Gasteiger partial charge in [-0.05, 0) is 31.2 Å². The number of aliphatic hydroxyl groups excluding tert-OH is 1. The fourth-order valence-electron chi connectivity index (χ4n) is 3.04. The van der Waals surface area contributed by atoms with Crippen LogP contribution in [-0.4, -0.2) is 54.0 Å². The van der Waals surface area contributed by atoms with E-state index in [4.69, 9.17) is 4.74 Å². The molecule has 1 aromatic heterocycles. The highest BCUT2D eigenvalue weighted by atomic mass is 16.5. The zero-order chi connectivity index (χ0) is 20.8. The molecule has 3 rings (SSSR count). The minimum Gasteiger partial charge on any atom is -0.450 e. The van der Waals surface area contributed by atoms with E-state index in [1.807, 2.05) is 42.3 Å². The van der Waals surface area contributed by atoms with Gasteiger partial charge in [-0.1, -0.05) is 18.2 Å². The Morgan fingerprint density at radius 1 is 1.24 bits per heavy atom. The van der Waals surface area contributed by atoms with Crippen molar-refractivity contribution in [3.63, 3.8) is 0 Å². The first-order valence-corrected chi connectivity index (χ1v) is 9.34. The molecule has 1 unspecified atom stereocenters. The molecule has 29 heavy (non-hydrogen) atoms. The van der Waals surface area contributed by atoms with E-state index in [2.05, 4.69) is 20.6 Å². The molecule has 154 valence electrons. The molecule has 5 N–H and O–H groups in total. The number of anilines is 3. The molecule has 0 fully saturated rings. The summed E-state index contributed by atoms with van der Waals surface area (Å²) in [6.45, 7) is 2.64. The molecule has 0 spiro atoms. The molecule has 0 aliphatic heterocycles. The number of H-pyrrole nitrogens is 2. The smallest absolute Gasteiger partial charge is 0.411 e. The van der Waals surface area contributed by atoms with Crippen molar-refractivity contribution in [1.29, 1.82) is 0 Å². The van der Waals surface area contributed by atoms with Crippen LogP contribution in [0.2, 0.25) is 0 Å². The van der Waals surface area contributed by atoms with Crippen molar-refractivity contribution in [1.82, 2.24) is 9.97 Å². The van der Waals surface area contributed by atoms with Crippen LogP contribution in [0, 0.1) is 0 Å². The van der Waals surface area contributed by atoms with Gasteiger partial charge in [0.2, 0.25) is 0 Å². The van der Waals surface area contributed by atoms with Crippen molar-refractivity contribution in [3.05, 3.63) is 52.9 Å². The van der Waals surface area contributed by atoms with Gasteiger partial charge in [0, 0.05) is 31.5 Å². The molecule has 1 atom stereocenters. The van der Waals surface area contributed by atoms with E-state index in [0.29, 0.717) is 29.0 Å². The number of carbonyl (C=O) groups is 1. The Kier molecular flexibility index (Phi) is 6.40. The van der Waals surface area contributed by atoms with Crippen LogP contribution in [0.1, 0.15) is 6.92 Å². The Morgan fingerprint density at radius 3 is 2.72 bits per heavy atom. The Bertz CT molecular complexity index is 1010. The number of hydrogen-bond acceptors (Lipinski definition) is 6. The number of rotatable bonds is 8. The summed E-state index contributed by atoms with van der Waals surface area (Å²) < 4.78 is 4.89. The van der Waals surface area contributed by atoms with Crippen molar-refractivity contribution in [3.8, 4) is 0 Å².